The monoisotopic (exact) mass is 424 g/mol. The van der Waals surface area contributed by atoms with E-state index in [1.807, 2.05) is 48.5 Å². The summed E-state index contributed by atoms with van der Waals surface area (Å²) < 4.78 is 21.3. The molecule has 2 unspecified atom stereocenters. The van der Waals surface area contributed by atoms with E-state index in [9.17, 15) is 9.00 Å². The Hall–Kier alpha value is -2.88. The standard InChI is InChI=1S/C20H16N4O3S2/c1-29(26)10-9-15(24-29)18-22-23-19(27-18)17(25)20-21-14-8-7-13(11-16(14)28-20)12-5-3-2-4-6-12/h2-8,11,15H,1,9-10H2,(H,24,26). The van der Waals surface area contributed by atoms with Crippen molar-refractivity contribution < 1.29 is 13.4 Å². The number of hydrogen-bond acceptors (Lipinski definition) is 7. The quantitative estimate of drug-likeness (QED) is 0.399. The first-order valence-corrected chi connectivity index (χ1v) is 11.7. The molecule has 5 rings (SSSR count). The second-order valence-electron chi connectivity index (χ2n) is 6.82. The van der Waals surface area contributed by atoms with E-state index in [2.05, 4.69) is 25.8 Å². The van der Waals surface area contributed by atoms with Gasteiger partial charge in [0.15, 0.2) is 5.01 Å². The zero-order valence-corrected chi connectivity index (χ0v) is 16.8. The highest BCUT2D eigenvalue weighted by molar-refractivity contribution is 7.98. The third kappa shape index (κ3) is 3.48. The Morgan fingerprint density at radius 2 is 2.00 bits per heavy atom. The molecule has 2 aromatic carbocycles. The van der Waals surface area contributed by atoms with Crippen molar-refractivity contribution in [3.63, 3.8) is 0 Å². The number of thiazole rings is 1. The highest BCUT2D eigenvalue weighted by atomic mass is 32.2. The van der Waals surface area contributed by atoms with E-state index in [1.165, 1.54) is 11.3 Å². The van der Waals surface area contributed by atoms with Crippen LogP contribution in [0.25, 0.3) is 21.3 Å². The summed E-state index contributed by atoms with van der Waals surface area (Å²) in [7, 11) is -2.32. The van der Waals surface area contributed by atoms with Gasteiger partial charge in [0, 0.05) is 15.5 Å². The van der Waals surface area contributed by atoms with E-state index in [-0.39, 0.29) is 17.8 Å². The first kappa shape index (κ1) is 18.2. The predicted octanol–water partition coefficient (Wildman–Crippen LogP) is 3.24. The van der Waals surface area contributed by atoms with Gasteiger partial charge in [0.1, 0.15) is 0 Å². The molecule has 0 spiro atoms. The molecular weight excluding hydrogens is 408 g/mol. The van der Waals surface area contributed by atoms with Crippen LogP contribution >= 0.6 is 11.3 Å². The lowest BCUT2D eigenvalue weighted by Gasteiger charge is -2.03. The van der Waals surface area contributed by atoms with Crippen LogP contribution in [0.2, 0.25) is 0 Å². The number of carbonyl (C=O) groups excluding carboxylic acids is 1. The normalized spacial score (nSPS) is 21.6. The van der Waals surface area contributed by atoms with Crippen molar-refractivity contribution in [3.05, 3.63) is 65.3 Å². The molecule has 4 aromatic rings. The average Bonchev–Trinajstić information content (AvgIpc) is 3.45. The van der Waals surface area contributed by atoms with Gasteiger partial charge in [-0.15, -0.1) is 21.5 Å². The highest BCUT2D eigenvalue weighted by Crippen LogP contribution is 2.30. The summed E-state index contributed by atoms with van der Waals surface area (Å²) in [6, 6.07) is 15.6. The van der Waals surface area contributed by atoms with Crippen molar-refractivity contribution in [2.45, 2.75) is 12.5 Å². The van der Waals surface area contributed by atoms with Crippen LogP contribution in [0.4, 0.5) is 0 Å². The first-order chi connectivity index (χ1) is 14.0. The molecule has 2 atom stereocenters. The van der Waals surface area contributed by atoms with Crippen LogP contribution in [-0.2, 0) is 9.71 Å². The number of benzene rings is 2. The number of carbonyl (C=O) groups is 1. The Kier molecular flexibility index (Phi) is 4.30. The van der Waals surface area contributed by atoms with Crippen LogP contribution in [0.1, 0.15) is 34.0 Å². The molecule has 1 saturated heterocycles. The number of aromatic nitrogens is 3. The van der Waals surface area contributed by atoms with E-state index in [0.717, 1.165) is 21.3 Å². The minimum atomic E-state index is -2.32. The van der Waals surface area contributed by atoms with Crippen molar-refractivity contribution in [1.29, 1.82) is 0 Å². The van der Waals surface area contributed by atoms with Crippen molar-refractivity contribution in [2.24, 2.45) is 0 Å². The number of ketones is 1. The maximum Gasteiger partial charge on any atom is 0.291 e. The summed E-state index contributed by atoms with van der Waals surface area (Å²) in [6.45, 7) is 0. The van der Waals surface area contributed by atoms with Crippen LogP contribution in [0.3, 0.4) is 0 Å². The van der Waals surface area contributed by atoms with Crippen LogP contribution in [-0.4, -0.2) is 36.8 Å². The predicted molar refractivity (Wildman–Crippen MR) is 113 cm³/mol. The maximum atomic E-state index is 12.8. The third-order valence-electron chi connectivity index (χ3n) is 4.72. The van der Waals surface area contributed by atoms with E-state index in [0.29, 0.717) is 17.2 Å². The molecule has 7 nitrogen and oxygen atoms in total. The number of fused-ring (bicyclic) bond motifs is 1. The summed E-state index contributed by atoms with van der Waals surface area (Å²) in [6.07, 6.45) is 0.571. The fourth-order valence-corrected chi connectivity index (χ4v) is 5.66. The maximum absolute atomic E-state index is 12.8. The molecule has 0 saturated carbocycles. The van der Waals surface area contributed by atoms with Gasteiger partial charge >= 0.3 is 0 Å². The van der Waals surface area contributed by atoms with Gasteiger partial charge in [0.05, 0.1) is 16.3 Å². The number of hydrogen-bond donors (Lipinski definition) is 1. The molecule has 0 radical (unpaired) electrons. The van der Waals surface area contributed by atoms with Gasteiger partial charge in [-0.3, -0.25) is 9.00 Å². The third-order valence-corrected chi connectivity index (χ3v) is 7.34. The minimum Gasteiger partial charge on any atom is -0.416 e. The molecule has 1 N–H and O–H groups in total. The second-order valence-corrected chi connectivity index (χ2v) is 10.1. The van der Waals surface area contributed by atoms with Gasteiger partial charge in [-0.05, 0) is 35.6 Å². The lowest BCUT2D eigenvalue weighted by atomic mass is 10.1. The van der Waals surface area contributed by atoms with E-state index >= 15 is 0 Å². The van der Waals surface area contributed by atoms with Crippen LogP contribution < -0.4 is 4.72 Å². The molecule has 9 heteroatoms. The van der Waals surface area contributed by atoms with Crippen molar-refractivity contribution in [1.82, 2.24) is 19.9 Å². The molecule has 146 valence electrons. The van der Waals surface area contributed by atoms with Gasteiger partial charge in [0.25, 0.3) is 11.7 Å². The van der Waals surface area contributed by atoms with Crippen LogP contribution in [0.15, 0.2) is 52.9 Å². The van der Waals surface area contributed by atoms with E-state index in [4.69, 9.17) is 4.42 Å². The molecule has 0 bridgehead atoms. The van der Waals surface area contributed by atoms with Crippen LogP contribution in [0, 0.1) is 0 Å². The summed E-state index contributed by atoms with van der Waals surface area (Å²) >= 11 is 1.29. The molecule has 1 fully saturated rings. The first-order valence-electron chi connectivity index (χ1n) is 8.95. The van der Waals surface area contributed by atoms with E-state index in [1.54, 1.807) is 0 Å². The van der Waals surface area contributed by atoms with Gasteiger partial charge in [0.2, 0.25) is 5.89 Å². The highest BCUT2D eigenvalue weighted by Gasteiger charge is 2.30. The summed E-state index contributed by atoms with van der Waals surface area (Å²) in [5.41, 5.74) is 2.90. The lowest BCUT2D eigenvalue weighted by molar-refractivity contribution is 0.1000. The molecular formula is C20H16N4O3S2. The van der Waals surface area contributed by atoms with Gasteiger partial charge in [-0.25, -0.2) is 9.71 Å². The van der Waals surface area contributed by atoms with Gasteiger partial charge in [-0.2, -0.15) is 0 Å². The second kappa shape index (κ2) is 6.87. The Morgan fingerprint density at radius 1 is 1.17 bits per heavy atom. The Balaban J connectivity index is 1.43. The molecule has 2 aromatic heterocycles. The minimum absolute atomic E-state index is 0.119. The number of nitrogens with one attached hydrogen (secondary N) is 1. The molecule has 1 aliphatic rings. The zero-order valence-electron chi connectivity index (χ0n) is 15.2. The molecule has 1 aliphatic heterocycles. The fraction of sp³-hybridized carbons (Fsp3) is 0.150. The summed E-state index contributed by atoms with van der Waals surface area (Å²) in [4.78, 5) is 17.2. The average molecular weight is 425 g/mol. The largest absolute Gasteiger partial charge is 0.416 e. The van der Waals surface area contributed by atoms with Crippen molar-refractivity contribution >= 4 is 42.9 Å². The fourth-order valence-electron chi connectivity index (χ4n) is 3.25. The summed E-state index contributed by atoms with van der Waals surface area (Å²) in [5.74, 6) is 3.78. The van der Waals surface area contributed by atoms with Gasteiger partial charge < -0.3 is 4.42 Å². The molecule has 29 heavy (non-hydrogen) atoms. The van der Waals surface area contributed by atoms with E-state index < -0.39 is 15.5 Å². The molecule has 0 amide bonds. The number of nitrogens with zero attached hydrogens (tertiary/aromatic N) is 3. The Labute approximate surface area is 171 Å². The van der Waals surface area contributed by atoms with Gasteiger partial charge in [-0.1, -0.05) is 36.4 Å². The van der Waals surface area contributed by atoms with Crippen LogP contribution in [0.5, 0.6) is 0 Å². The molecule has 3 heterocycles. The van der Waals surface area contributed by atoms with Crippen molar-refractivity contribution in [3.8, 4) is 11.1 Å². The number of rotatable bonds is 4. The lowest BCUT2D eigenvalue weighted by Crippen LogP contribution is -2.19. The van der Waals surface area contributed by atoms with Crippen molar-refractivity contribution in [2.75, 3.05) is 5.75 Å². The molecule has 0 aliphatic carbocycles. The SMILES string of the molecule is C=S1(=O)CCC(c2nnc(C(=O)c3nc4ccc(-c5ccccc5)cc4s3)o2)N1. The smallest absolute Gasteiger partial charge is 0.291 e. The summed E-state index contributed by atoms with van der Waals surface area (Å²) in [5, 5.41) is 8.10. The zero-order chi connectivity index (χ0) is 20.0. The Morgan fingerprint density at radius 3 is 2.76 bits per heavy atom. The Bertz CT molecular complexity index is 1330. The topological polar surface area (TPSA) is 98.0 Å².